The van der Waals surface area contributed by atoms with E-state index in [2.05, 4.69) is 11.9 Å². The molecule has 0 aromatic carbocycles. The zero-order valence-electron chi connectivity index (χ0n) is 7.86. The minimum Gasteiger partial charge on any atom is -0.389 e. The maximum Gasteiger partial charge on any atom is 0.0794 e. The number of hydrogen-bond donors (Lipinski definition) is 1. The lowest BCUT2D eigenvalue weighted by Gasteiger charge is -2.26. The van der Waals surface area contributed by atoms with E-state index in [1.54, 1.807) is 11.3 Å². The molecule has 1 aliphatic rings. The van der Waals surface area contributed by atoms with Crippen LogP contribution in [0, 0.1) is 5.92 Å². The molecule has 0 amide bonds. The topological polar surface area (TPSA) is 33.1 Å². The van der Waals surface area contributed by atoms with E-state index in [0.717, 1.165) is 25.7 Å². The highest BCUT2D eigenvalue weighted by atomic mass is 32.1. The maximum absolute atomic E-state index is 10.3. The number of nitrogens with zero attached hydrogens (tertiary/aromatic N) is 1. The first-order chi connectivity index (χ1) is 6.21. The standard InChI is InChI=1S/C10H15NOS/c1-8-3-2-4-10(8,12)5-9-6-11-7-13-9/h6-8,12H,2-5H2,1H3. The van der Waals surface area contributed by atoms with E-state index in [1.165, 1.54) is 4.88 Å². The summed E-state index contributed by atoms with van der Waals surface area (Å²) in [7, 11) is 0. The van der Waals surface area contributed by atoms with Crippen molar-refractivity contribution in [1.82, 2.24) is 4.98 Å². The molecular weight excluding hydrogens is 182 g/mol. The summed E-state index contributed by atoms with van der Waals surface area (Å²) in [5, 5.41) is 10.3. The molecule has 2 nitrogen and oxygen atoms in total. The number of thiazole rings is 1. The van der Waals surface area contributed by atoms with E-state index < -0.39 is 5.60 Å². The van der Waals surface area contributed by atoms with Gasteiger partial charge in [0.1, 0.15) is 0 Å². The highest BCUT2D eigenvalue weighted by Gasteiger charge is 2.38. The largest absolute Gasteiger partial charge is 0.389 e. The Labute approximate surface area is 82.6 Å². The van der Waals surface area contributed by atoms with Crippen molar-refractivity contribution in [2.75, 3.05) is 0 Å². The average molecular weight is 197 g/mol. The summed E-state index contributed by atoms with van der Waals surface area (Å²) in [6, 6.07) is 0. The number of aliphatic hydroxyl groups is 1. The van der Waals surface area contributed by atoms with Crippen molar-refractivity contribution >= 4 is 11.3 Å². The molecule has 1 aliphatic carbocycles. The van der Waals surface area contributed by atoms with Crippen molar-refractivity contribution in [2.45, 2.75) is 38.2 Å². The third kappa shape index (κ3) is 1.76. The minimum atomic E-state index is -0.452. The van der Waals surface area contributed by atoms with Crippen molar-refractivity contribution < 1.29 is 5.11 Å². The lowest BCUT2D eigenvalue weighted by molar-refractivity contribution is 0.0103. The van der Waals surface area contributed by atoms with Crippen molar-refractivity contribution in [1.29, 1.82) is 0 Å². The second-order valence-electron chi connectivity index (χ2n) is 4.04. The van der Waals surface area contributed by atoms with Crippen LogP contribution < -0.4 is 0 Å². The molecule has 0 saturated heterocycles. The van der Waals surface area contributed by atoms with E-state index in [-0.39, 0.29) is 0 Å². The van der Waals surface area contributed by atoms with Gasteiger partial charge in [0, 0.05) is 17.5 Å². The second kappa shape index (κ2) is 3.39. The zero-order valence-corrected chi connectivity index (χ0v) is 8.68. The van der Waals surface area contributed by atoms with Crippen LogP contribution in [0.25, 0.3) is 0 Å². The van der Waals surface area contributed by atoms with Crippen LogP contribution in [0.15, 0.2) is 11.7 Å². The van der Waals surface area contributed by atoms with Gasteiger partial charge in [0.05, 0.1) is 11.1 Å². The van der Waals surface area contributed by atoms with Crippen LogP contribution in [0.3, 0.4) is 0 Å². The van der Waals surface area contributed by atoms with Gasteiger partial charge in [0.2, 0.25) is 0 Å². The Kier molecular flexibility index (Phi) is 2.39. The van der Waals surface area contributed by atoms with Gasteiger partial charge in [0.25, 0.3) is 0 Å². The first-order valence-corrected chi connectivity index (χ1v) is 5.68. The molecule has 72 valence electrons. The van der Waals surface area contributed by atoms with Gasteiger partial charge in [-0.05, 0) is 18.8 Å². The molecule has 1 aromatic rings. The lowest BCUT2D eigenvalue weighted by Crippen LogP contribution is -2.33. The summed E-state index contributed by atoms with van der Waals surface area (Å²) in [6.45, 7) is 2.15. The fourth-order valence-electron chi connectivity index (χ4n) is 2.12. The Morgan fingerprint density at radius 2 is 2.62 bits per heavy atom. The molecule has 2 rings (SSSR count). The van der Waals surface area contributed by atoms with E-state index in [1.807, 2.05) is 11.7 Å². The van der Waals surface area contributed by atoms with Crippen LogP contribution >= 0.6 is 11.3 Å². The van der Waals surface area contributed by atoms with E-state index in [9.17, 15) is 5.11 Å². The molecule has 1 saturated carbocycles. The SMILES string of the molecule is CC1CCCC1(O)Cc1cncs1. The molecule has 1 aromatic heterocycles. The van der Waals surface area contributed by atoms with Gasteiger partial charge >= 0.3 is 0 Å². The van der Waals surface area contributed by atoms with Gasteiger partial charge in [0.15, 0.2) is 0 Å². The van der Waals surface area contributed by atoms with Crippen LogP contribution in [-0.4, -0.2) is 15.7 Å². The highest BCUT2D eigenvalue weighted by Crippen LogP contribution is 2.38. The Balaban J connectivity index is 2.08. The number of hydrogen-bond acceptors (Lipinski definition) is 3. The Morgan fingerprint density at radius 3 is 3.15 bits per heavy atom. The summed E-state index contributed by atoms with van der Waals surface area (Å²) in [5.74, 6) is 0.439. The average Bonchev–Trinajstić information content (AvgIpc) is 2.65. The van der Waals surface area contributed by atoms with Crippen LogP contribution in [-0.2, 0) is 6.42 Å². The molecule has 2 atom stereocenters. The molecule has 1 N–H and O–H groups in total. The van der Waals surface area contributed by atoms with Gasteiger partial charge < -0.3 is 5.11 Å². The van der Waals surface area contributed by atoms with Crippen molar-refractivity contribution in [3.05, 3.63) is 16.6 Å². The molecule has 0 spiro atoms. The van der Waals surface area contributed by atoms with E-state index in [0.29, 0.717) is 5.92 Å². The lowest BCUT2D eigenvalue weighted by atomic mass is 9.89. The Bertz CT molecular complexity index is 272. The predicted molar refractivity (Wildman–Crippen MR) is 53.8 cm³/mol. The third-order valence-corrected chi connectivity index (χ3v) is 3.91. The van der Waals surface area contributed by atoms with Gasteiger partial charge in [-0.15, -0.1) is 11.3 Å². The highest BCUT2D eigenvalue weighted by molar-refractivity contribution is 7.09. The molecule has 1 heterocycles. The zero-order chi connectivity index (χ0) is 9.31. The summed E-state index contributed by atoms with van der Waals surface area (Å²) < 4.78 is 0. The van der Waals surface area contributed by atoms with Crippen LogP contribution in [0.2, 0.25) is 0 Å². The van der Waals surface area contributed by atoms with Gasteiger partial charge in [-0.25, -0.2) is 0 Å². The summed E-state index contributed by atoms with van der Waals surface area (Å²) in [4.78, 5) is 5.23. The molecule has 3 heteroatoms. The van der Waals surface area contributed by atoms with Gasteiger partial charge in [-0.3, -0.25) is 4.98 Å². The van der Waals surface area contributed by atoms with Crippen molar-refractivity contribution in [2.24, 2.45) is 5.92 Å². The predicted octanol–water partition coefficient (Wildman–Crippen LogP) is 2.24. The Hall–Kier alpha value is -0.410. The second-order valence-corrected chi connectivity index (χ2v) is 5.01. The fourth-order valence-corrected chi connectivity index (χ4v) is 2.84. The van der Waals surface area contributed by atoms with E-state index >= 15 is 0 Å². The Morgan fingerprint density at radius 1 is 1.77 bits per heavy atom. The summed E-state index contributed by atoms with van der Waals surface area (Å²) in [5.41, 5.74) is 1.38. The summed E-state index contributed by atoms with van der Waals surface area (Å²) in [6.07, 6.45) is 5.93. The number of aromatic nitrogens is 1. The van der Waals surface area contributed by atoms with Crippen molar-refractivity contribution in [3.63, 3.8) is 0 Å². The van der Waals surface area contributed by atoms with Crippen molar-refractivity contribution in [3.8, 4) is 0 Å². The van der Waals surface area contributed by atoms with Crippen LogP contribution in [0.5, 0.6) is 0 Å². The first-order valence-electron chi connectivity index (χ1n) is 4.80. The third-order valence-electron chi connectivity index (χ3n) is 3.13. The first kappa shape index (κ1) is 9.16. The molecule has 1 fully saturated rings. The fraction of sp³-hybridized carbons (Fsp3) is 0.700. The monoisotopic (exact) mass is 197 g/mol. The molecule has 13 heavy (non-hydrogen) atoms. The van der Waals surface area contributed by atoms with Crippen LogP contribution in [0.4, 0.5) is 0 Å². The maximum atomic E-state index is 10.3. The van der Waals surface area contributed by atoms with E-state index in [4.69, 9.17) is 0 Å². The van der Waals surface area contributed by atoms with Crippen LogP contribution in [0.1, 0.15) is 31.1 Å². The number of rotatable bonds is 2. The summed E-state index contributed by atoms with van der Waals surface area (Å²) >= 11 is 1.64. The minimum absolute atomic E-state index is 0.439. The molecule has 2 unspecified atom stereocenters. The van der Waals surface area contributed by atoms with Gasteiger partial charge in [-0.2, -0.15) is 0 Å². The molecule has 0 radical (unpaired) electrons. The molecule has 0 aliphatic heterocycles. The molecule has 0 bridgehead atoms. The molecular formula is C10H15NOS. The van der Waals surface area contributed by atoms with Gasteiger partial charge in [-0.1, -0.05) is 13.3 Å². The quantitative estimate of drug-likeness (QED) is 0.788. The normalized spacial score (nSPS) is 33.8. The smallest absolute Gasteiger partial charge is 0.0794 e.